The standard InChI is InChI=1S/C24H28N4O2S/c1-15-11-20(27-19-8-5-9-21(12-19)30-4)13-22(25-15)18-7-6-10-28(14-18)24(29)23-16(2)26-17(3)31-23/h5,8-9,11-13,18H,6-7,10,14H2,1-4H3,(H,25,27). The van der Waals surface area contributed by atoms with E-state index in [0.717, 1.165) is 63.5 Å². The second-order valence-electron chi connectivity index (χ2n) is 8.02. The molecule has 4 rings (SSSR count). The maximum atomic E-state index is 13.1. The average Bonchev–Trinajstić information content (AvgIpc) is 3.11. The third kappa shape index (κ3) is 4.88. The van der Waals surface area contributed by atoms with Gasteiger partial charge in [0, 0.05) is 47.8 Å². The molecule has 1 amide bonds. The minimum absolute atomic E-state index is 0.0928. The van der Waals surface area contributed by atoms with Crippen LogP contribution in [0.25, 0.3) is 0 Å². The number of likely N-dealkylation sites (tertiary alicyclic amines) is 1. The Morgan fingerprint density at radius 1 is 1.16 bits per heavy atom. The van der Waals surface area contributed by atoms with Crippen molar-refractivity contribution in [2.24, 2.45) is 0 Å². The zero-order valence-corrected chi connectivity index (χ0v) is 19.3. The second-order valence-corrected chi connectivity index (χ2v) is 9.22. The van der Waals surface area contributed by atoms with Gasteiger partial charge in [-0.3, -0.25) is 9.78 Å². The Morgan fingerprint density at radius 2 is 2.00 bits per heavy atom. The monoisotopic (exact) mass is 436 g/mol. The van der Waals surface area contributed by atoms with Crippen molar-refractivity contribution in [2.45, 2.75) is 39.5 Å². The maximum Gasteiger partial charge on any atom is 0.265 e. The Morgan fingerprint density at radius 3 is 2.74 bits per heavy atom. The number of nitrogens with one attached hydrogen (secondary N) is 1. The molecule has 2 aromatic heterocycles. The highest BCUT2D eigenvalue weighted by Gasteiger charge is 2.28. The van der Waals surface area contributed by atoms with Crippen LogP contribution in [0.3, 0.4) is 0 Å². The number of methoxy groups -OCH3 is 1. The van der Waals surface area contributed by atoms with Crippen LogP contribution < -0.4 is 10.1 Å². The van der Waals surface area contributed by atoms with Gasteiger partial charge in [0.15, 0.2) is 0 Å². The minimum Gasteiger partial charge on any atom is -0.497 e. The number of pyridine rings is 1. The molecule has 0 bridgehead atoms. The van der Waals surface area contributed by atoms with Crippen LogP contribution in [0.5, 0.6) is 5.75 Å². The fraction of sp³-hybridized carbons (Fsp3) is 0.375. The summed E-state index contributed by atoms with van der Waals surface area (Å²) in [6, 6.07) is 12.0. The van der Waals surface area contributed by atoms with Gasteiger partial charge in [-0.25, -0.2) is 4.98 Å². The van der Waals surface area contributed by atoms with Gasteiger partial charge in [0.1, 0.15) is 10.6 Å². The fourth-order valence-corrected chi connectivity index (χ4v) is 5.01. The first-order valence-corrected chi connectivity index (χ1v) is 11.4. The summed E-state index contributed by atoms with van der Waals surface area (Å²) in [4.78, 5) is 25.1. The number of nitrogens with zero attached hydrogens (tertiary/aromatic N) is 3. The van der Waals surface area contributed by atoms with Crippen molar-refractivity contribution >= 4 is 28.6 Å². The van der Waals surface area contributed by atoms with E-state index >= 15 is 0 Å². The Hall–Kier alpha value is -2.93. The number of hydrogen-bond acceptors (Lipinski definition) is 6. The Balaban J connectivity index is 1.53. The zero-order chi connectivity index (χ0) is 22.0. The number of aromatic nitrogens is 2. The van der Waals surface area contributed by atoms with Crippen molar-refractivity contribution in [3.63, 3.8) is 0 Å². The van der Waals surface area contributed by atoms with Crippen LogP contribution in [-0.2, 0) is 0 Å². The molecule has 7 heteroatoms. The van der Waals surface area contributed by atoms with Crippen molar-refractivity contribution in [3.05, 3.63) is 63.4 Å². The van der Waals surface area contributed by atoms with Gasteiger partial charge in [-0.2, -0.15) is 0 Å². The summed E-state index contributed by atoms with van der Waals surface area (Å²) in [5, 5.41) is 4.40. The molecule has 0 aliphatic carbocycles. The molecule has 6 nitrogen and oxygen atoms in total. The number of carbonyl (C=O) groups is 1. The number of amides is 1. The molecule has 1 aliphatic rings. The molecule has 162 valence electrons. The Bertz CT molecular complexity index is 1090. The van der Waals surface area contributed by atoms with Crippen LogP contribution in [0.1, 0.15) is 50.5 Å². The molecule has 1 saturated heterocycles. The fourth-order valence-electron chi connectivity index (χ4n) is 4.12. The third-order valence-corrected chi connectivity index (χ3v) is 6.62. The zero-order valence-electron chi connectivity index (χ0n) is 18.4. The first kappa shape index (κ1) is 21.3. The Labute approximate surface area is 187 Å². The molecule has 0 spiro atoms. The number of ether oxygens (including phenoxy) is 1. The normalized spacial score (nSPS) is 16.3. The van der Waals surface area contributed by atoms with Crippen LogP contribution in [0.2, 0.25) is 0 Å². The summed E-state index contributed by atoms with van der Waals surface area (Å²) in [7, 11) is 1.67. The number of benzene rings is 1. The molecule has 0 saturated carbocycles. The van der Waals surface area contributed by atoms with Gasteiger partial charge in [0.05, 0.1) is 17.8 Å². The van der Waals surface area contributed by atoms with E-state index in [0.29, 0.717) is 6.54 Å². The van der Waals surface area contributed by atoms with Gasteiger partial charge >= 0.3 is 0 Å². The van der Waals surface area contributed by atoms with Crippen LogP contribution in [0.15, 0.2) is 36.4 Å². The number of hydrogen-bond donors (Lipinski definition) is 1. The molecule has 3 aromatic rings. The first-order chi connectivity index (χ1) is 14.9. The molecule has 1 unspecified atom stereocenters. The number of carbonyl (C=O) groups excluding carboxylic acids is 1. The topological polar surface area (TPSA) is 67.3 Å². The van der Waals surface area contributed by atoms with E-state index in [-0.39, 0.29) is 11.8 Å². The lowest BCUT2D eigenvalue weighted by atomic mass is 9.93. The largest absolute Gasteiger partial charge is 0.497 e. The third-order valence-electron chi connectivity index (χ3n) is 5.56. The molecule has 0 radical (unpaired) electrons. The molecule has 1 aliphatic heterocycles. The lowest BCUT2D eigenvalue weighted by Gasteiger charge is -2.32. The van der Waals surface area contributed by atoms with E-state index < -0.39 is 0 Å². The highest BCUT2D eigenvalue weighted by atomic mass is 32.1. The summed E-state index contributed by atoms with van der Waals surface area (Å²) in [6.45, 7) is 7.34. The van der Waals surface area contributed by atoms with E-state index in [1.807, 2.05) is 56.0 Å². The molecule has 1 atom stereocenters. The minimum atomic E-state index is 0.0928. The number of thiazole rings is 1. The van der Waals surface area contributed by atoms with E-state index in [2.05, 4.69) is 16.4 Å². The Kier molecular flexibility index (Phi) is 6.23. The summed E-state index contributed by atoms with van der Waals surface area (Å²) >= 11 is 1.48. The summed E-state index contributed by atoms with van der Waals surface area (Å²) in [5.41, 5.74) is 4.77. The molecule has 1 fully saturated rings. The lowest BCUT2D eigenvalue weighted by Crippen LogP contribution is -2.39. The van der Waals surface area contributed by atoms with Gasteiger partial charge in [-0.1, -0.05) is 6.07 Å². The summed E-state index contributed by atoms with van der Waals surface area (Å²) in [6.07, 6.45) is 2.00. The van der Waals surface area contributed by atoms with Crippen LogP contribution >= 0.6 is 11.3 Å². The number of rotatable bonds is 5. The second kappa shape index (κ2) is 9.06. The van der Waals surface area contributed by atoms with Crippen LogP contribution in [-0.4, -0.2) is 41.0 Å². The van der Waals surface area contributed by atoms with Gasteiger partial charge in [0.25, 0.3) is 5.91 Å². The van der Waals surface area contributed by atoms with Crippen LogP contribution in [0.4, 0.5) is 11.4 Å². The average molecular weight is 437 g/mol. The lowest BCUT2D eigenvalue weighted by molar-refractivity contribution is 0.0710. The summed E-state index contributed by atoms with van der Waals surface area (Å²) in [5.74, 6) is 1.12. The molecular weight excluding hydrogens is 408 g/mol. The molecule has 1 N–H and O–H groups in total. The maximum absolute atomic E-state index is 13.1. The van der Waals surface area contributed by atoms with Gasteiger partial charge < -0.3 is 15.0 Å². The molecular formula is C24H28N4O2S. The van der Waals surface area contributed by atoms with Gasteiger partial charge in [0.2, 0.25) is 0 Å². The predicted molar refractivity (Wildman–Crippen MR) is 125 cm³/mol. The van der Waals surface area contributed by atoms with E-state index in [9.17, 15) is 4.79 Å². The van der Waals surface area contributed by atoms with Crippen molar-refractivity contribution in [3.8, 4) is 5.75 Å². The summed E-state index contributed by atoms with van der Waals surface area (Å²) < 4.78 is 5.32. The first-order valence-electron chi connectivity index (χ1n) is 10.6. The molecule has 31 heavy (non-hydrogen) atoms. The predicted octanol–water partition coefficient (Wildman–Crippen LogP) is 5.24. The number of anilines is 2. The SMILES string of the molecule is COc1cccc(Nc2cc(C)nc(C3CCCN(C(=O)c4sc(C)nc4C)C3)c2)c1. The van der Waals surface area contributed by atoms with Crippen molar-refractivity contribution in [2.75, 3.05) is 25.5 Å². The van der Waals surface area contributed by atoms with Crippen molar-refractivity contribution < 1.29 is 9.53 Å². The van der Waals surface area contributed by atoms with E-state index in [1.54, 1.807) is 7.11 Å². The van der Waals surface area contributed by atoms with Crippen LogP contribution in [0, 0.1) is 20.8 Å². The van der Waals surface area contributed by atoms with Crippen molar-refractivity contribution in [1.29, 1.82) is 0 Å². The smallest absolute Gasteiger partial charge is 0.265 e. The number of aryl methyl sites for hydroxylation is 3. The highest BCUT2D eigenvalue weighted by molar-refractivity contribution is 7.13. The van der Waals surface area contributed by atoms with Gasteiger partial charge in [-0.15, -0.1) is 11.3 Å². The quantitative estimate of drug-likeness (QED) is 0.593. The van der Waals surface area contributed by atoms with E-state index in [4.69, 9.17) is 9.72 Å². The van der Waals surface area contributed by atoms with Gasteiger partial charge in [-0.05, 0) is 57.9 Å². The molecule has 3 heterocycles. The van der Waals surface area contributed by atoms with Crippen molar-refractivity contribution in [1.82, 2.24) is 14.9 Å². The van der Waals surface area contributed by atoms with E-state index in [1.165, 1.54) is 11.3 Å². The number of piperidine rings is 1. The highest BCUT2D eigenvalue weighted by Crippen LogP contribution is 2.31. The molecule has 1 aromatic carbocycles.